The van der Waals surface area contributed by atoms with Gasteiger partial charge in [-0.3, -0.25) is 27.5 Å². The molecule has 0 saturated heterocycles. The zero-order chi connectivity index (χ0) is 36.1. The topological polar surface area (TPSA) is 206 Å². The van der Waals surface area contributed by atoms with Gasteiger partial charge < -0.3 is 18.8 Å². The highest BCUT2D eigenvalue weighted by Crippen LogP contribution is 2.48. The van der Waals surface area contributed by atoms with Crippen LogP contribution in [0.5, 0.6) is 0 Å². The molecule has 0 spiro atoms. The van der Waals surface area contributed by atoms with Crippen molar-refractivity contribution in [2.75, 3.05) is 25.9 Å². The van der Waals surface area contributed by atoms with Gasteiger partial charge in [0.15, 0.2) is 12.7 Å². The largest absolute Gasteiger partial charge is 0.357 e. The first-order valence-electron chi connectivity index (χ1n) is 14.1. The number of benzene rings is 2. The second-order valence-electron chi connectivity index (χ2n) is 9.09. The molecule has 0 radical (unpaired) electrons. The van der Waals surface area contributed by atoms with Crippen molar-refractivity contribution in [3.05, 3.63) is 121 Å². The van der Waals surface area contributed by atoms with Crippen LogP contribution in [0.2, 0.25) is 0 Å². The quantitative estimate of drug-likeness (QED) is 0.128. The summed E-state index contributed by atoms with van der Waals surface area (Å²) in [6, 6.07) is 23.8. The first-order chi connectivity index (χ1) is 22.6. The third kappa shape index (κ3) is 17.9. The molecule has 48 heavy (non-hydrogen) atoms. The Labute approximate surface area is 282 Å². The maximum atomic E-state index is 12.1. The van der Waals surface area contributed by atoms with Crippen LogP contribution in [0, 0.1) is 13.8 Å². The Morgan fingerprint density at radius 2 is 0.938 bits per heavy atom. The van der Waals surface area contributed by atoms with E-state index in [0.29, 0.717) is 11.1 Å². The summed E-state index contributed by atoms with van der Waals surface area (Å²) in [5.74, 6) is 0. The average molecular weight is 747 g/mol. The van der Waals surface area contributed by atoms with E-state index in [2.05, 4.69) is 14.2 Å². The van der Waals surface area contributed by atoms with Crippen LogP contribution in [0.3, 0.4) is 0 Å². The summed E-state index contributed by atoms with van der Waals surface area (Å²) in [4.78, 5) is 24.6. The lowest BCUT2D eigenvalue weighted by Crippen LogP contribution is -2.11. The fourth-order valence-electron chi connectivity index (χ4n) is 3.20. The molecule has 0 atom stereocenters. The Kier molecular flexibility index (Phi) is 19.4. The number of nitrogens with zero attached hydrogens (tertiary/aromatic N) is 2. The molecule has 0 aliphatic carbocycles. The van der Waals surface area contributed by atoms with Crippen LogP contribution in [-0.4, -0.2) is 62.5 Å². The molecule has 0 saturated carbocycles. The summed E-state index contributed by atoms with van der Waals surface area (Å²) < 4.78 is 88.9. The van der Waals surface area contributed by atoms with Gasteiger partial charge >= 0.3 is 15.2 Å². The molecule has 4 rings (SSSR count). The van der Waals surface area contributed by atoms with Gasteiger partial charge in [0.25, 0.3) is 20.2 Å². The SMILES string of the molecule is CCOP(=O)(COS(=O)(=O)c1ccccc1C)OCC.Cc1ccccc1S(=O)(=O)OCP(=O)(O)O.c1ccncc1.c1ccncc1. The zero-order valence-corrected chi connectivity index (χ0v) is 30.2. The van der Waals surface area contributed by atoms with Crippen LogP contribution in [0.25, 0.3) is 0 Å². The molecular formula is C30H40N2O12P2S2. The van der Waals surface area contributed by atoms with Crippen LogP contribution in [0.1, 0.15) is 25.0 Å². The van der Waals surface area contributed by atoms with Crippen molar-refractivity contribution in [3.8, 4) is 0 Å². The summed E-state index contributed by atoms with van der Waals surface area (Å²) in [6.45, 7) is 6.79. The molecule has 0 aliphatic rings. The van der Waals surface area contributed by atoms with Crippen molar-refractivity contribution < 1.29 is 53.2 Å². The van der Waals surface area contributed by atoms with Crippen molar-refractivity contribution >= 4 is 35.4 Å². The fourth-order valence-corrected chi connectivity index (χ4v) is 8.06. The van der Waals surface area contributed by atoms with Crippen molar-refractivity contribution in [1.82, 2.24) is 9.97 Å². The van der Waals surface area contributed by atoms with Crippen LogP contribution in [-0.2, 0) is 46.8 Å². The van der Waals surface area contributed by atoms with Crippen LogP contribution < -0.4 is 0 Å². The Balaban J connectivity index is 0.000000360. The first-order valence-corrected chi connectivity index (χ1v) is 20.4. The minimum absolute atomic E-state index is 0.0412. The Hall–Kier alpha value is -3.14. The molecular weight excluding hydrogens is 706 g/mol. The monoisotopic (exact) mass is 746 g/mol. The van der Waals surface area contributed by atoms with E-state index < -0.39 is 48.1 Å². The summed E-state index contributed by atoms with van der Waals surface area (Å²) in [7, 11) is -16.2. The van der Waals surface area contributed by atoms with Gasteiger partial charge in [0.2, 0.25) is 0 Å². The van der Waals surface area contributed by atoms with Gasteiger partial charge in [-0.25, -0.2) is 0 Å². The number of rotatable bonds is 12. The van der Waals surface area contributed by atoms with Crippen LogP contribution >= 0.6 is 15.2 Å². The van der Waals surface area contributed by atoms with E-state index in [1.54, 1.807) is 82.8 Å². The normalized spacial score (nSPS) is 11.5. The summed E-state index contributed by atoms with van der Waals surface area (Å²) in [5, 5.41) is 0. The van der Waals surface area contributed by atoms with Gasteiger partial charge in [-0.2, -0.15) is 16.8 Å². The average Bonchev–Trinajstić information content (AvgIpc) is 3.06. The molecule has 0 aliphatic heterocycles. The highest BCUT2D eigenvalue weighted by Gasteiger charge is 2.29. The standard InChI is InChI=1S/C12H19O6PS.C8H11O6PS.2C5H5N/c1-4-16-19(13,17-5-2)10-18-20(14,15)12-9-7-6-8-11(12)3;1-7-4-2-3-5-8(7)16(12,13)14-6-15(9,10)11;2*1-2-4-6-5-3-1/h6-9H,4-5,10H2,1-3H3;2-5H,6H2,1H3,(H2,9,10,11);2*1-5H. The summed E-state index contributed by atoms with van der Waals surface area (Å²) in [6.07, 6.45) is 5.22. The van der Waals surface area contributed by atoms with Crippen LogP contribution in [0.4, 0.5) is 0 Å². The zero-order valence-electron chi connectivity index (χ0n) is 26.8. The molecule has 14 nitrogen and oxygen atoms in total. The maximum Gasteiger partial charge on any atom is 0.357 e. The molecule has 0 amide bonds. The van der Waals surface area contributed by atoms with Crippen molar-refractivity contribution in [2.45, 2.75) is 37.5 Å². The maximum absolute atomic E-state index is 12.1. The third-order valence-electron chi connectivity index (χ3n) is 5.25. The summed E-state index contributed by atoms with van der Waals surface area (Å²) >= 11 is 0. The number of hydrogen-bond donors (Lipinski definition) is 2. The van der Waals surface area contributed by atoms with Crippen molar-refractivity contribution in [3.63, 3.8) is 0 Å². The molecule has 2 aromatic carbocycles. The third-order valence-corrected chi connectivity index (χ3v) is 10.7. The van der Waals surface area contributed by atoms with Gasteiger partial charge in [0, 0.05) is 24.8 Å². The molecule has 2 N–H and O–H groups in total. The second-order valence-corrected chi connectivity index (χ2v) is 15.8. The molecule has 4 aromatic rings. The Morgan fingerprint density at radius 3 is 1.21 bits per heavy atom. The van der Waals surface area contributed by atoms with Gasteiger partial charge in [-0.15, -0.1) is 0 Å². The lowest BCUT2D eigenvalue weighted by molar-refractivity contribution is 0.198. The number of pyridine rings is 2. The predicted octanol–water partition coefficient (Wildman–Crippen LogP) is 5.92. The van der Waals surface area contributed by atoms with Gasteiger partial charge in [-0.05, 0) is 75.2 Å². The first kappa shape index (κ1) is 42.9. The Morgan fingerprint density at radius 1 is 0.583 bits per heavy atom. The van der Waals surface area contributed by atoms with E-state index in [1.165, 1.54) is 18.2 Å². The molecule has 0 fully saturated rings. The van der Waals surface area contributed by atoms with E-state index in [0.717, 1.165) is 0 Å². The summed E-state index contributed by atoms with van der Waals surface area (Å²) in [5.41, 5.74) is 1.00. The highest BCUT2D eigenvalue weighted by molar-refractivity contribution is 7.87. The van der Waals surface area contributed by atoms with Crippen molar-refractivity contribution in [1.29, 1.82) is 0 Å². The number of aromatic nitrogens is 2. The minimum Gasteiger partial charge on any atom is -0.323 e. The molecule has 0 unspecified atom stereocenters. The van der Waals surface area contributed by atoms with E-state index >= 15 is 0 Å². The molecule has 2 heterocycles. The van der Waals surface area contributed by atoms with Crippen LogP contribution in [0.15, 0.2) is 120 Å². The number of hydrogen-bond acceptors (Lipinski definition) is 12. The van der Waals surface area contributed by atoms with E-state index in [4.69, 9.17) is 23.0 Å². The minimum atomic E-state index is -4.50. The lowest BCUT2D eigenvalue weighted by atomic mass is 10.2. The second kappa shape index (κ2) is 21.8. The Bertz CT molecular complexity index is 1700. The fraction of sp³-hybridized carbons (Fsp3) is 0.267. The van der Waals surface area contributed by atoms with Gasteiger partial charge in [0.1, 0.15) is 0 Å². The molecule has 264 valence electrons. The predicted molar refractivity (Wildman–Crippen MR) is 180 cm³/mol. The lowest BCUT2D eigenvalue weighted by Gasteiger charge is -2.17. The van der Waals surface area contributed by atoms with E-state index in [9.17, 15) is 26.0 Å². The molecule has 0 bridgehead atoms. The van der Waals surface area contributed by atoms with Crippen molar-refractivity contribution in [2.24, 2.45) is 0 Å². The van der Waals surface area contributed by atoms with E-state index in [1.807, 2.05) is 36.4 Å². The smallest absolute Gasteiger partial charge is 0.323 e. The molecule has 18 heteroatoms. The highest BCUT2D eigenvalue weighted by atomic mass is 32.2. The van der Waals surface area contributed by atoms with E-state index in [-0.39, 0.29) is 23.0 Å². The molecule has 2 aromatic heterocycles. The van der Waals surface area contributed by atoms with Gasteiger partial charge in [0.05, 0.1) is 23.0 Å². The van der Waals surface area contributed by atoms with Gasteiger partial charge in [-0.1, -0.05) is 48.5 Å². The number of aryl methyl sites for hydroxylation is 2.